The fourth-order valence-electron chi connectivity index (χ4n) is 0.161. The largest absolute Gasteiger partial charge is 2.00 e. The van der Waals surface area contributed by atoms with E-state index in [-0.39, 0.29) is 25.9 Å². The Kier molecular flexibility index (Phi) is 4.91. The predicted octanol–water partition coefficient (Wildman–Crippen LogP) is 3.02. The molecule has 0 spiro atoms. The van der Waals surface area contributed by atoms with Gasteiger partial charge in [0, 0.05) is 0 Å². The molecule has 0 amide bonds. The van der Waals surface area contributed by atoms with Gasteiger partial charge in [-0.15, -0.1) is 0 Å². The second-order valence-electron chi connectivity index (χ2n) is 1.57. The minimum Gasteiger partial charge on any atom is -1.00 e. The number of hydrogen-bond donors (Lipinski definition) is 0. The maximum Gasteiger partial charge on any atom is 2.00 e. The van der Waals surface area contributed by atoms with Crippen LogP contribution in [0.5, 0.6) is 0 Å². The second-order valence-corrected chi connectivity index (χ2v) is 2.57. The molecule has 0 saturated carbocycles. The zero-order chi connectivity index (χ0) is 9.50. The van der Waals surface area contributed by atoms with Crippen molar-refractivity contribution in [1.82, 2.24) is 0 Å². The van der Waals surface area contributed by atoms with Crippen molar-refractivity contribution in [2.45, 2.75) is 16.9 Å². The maximum absolute atomic E-state index is 11.5. The monoisotopic (exact) mass is 274 g/mol. The zero-order valence-corrected chi connectivity index (χ0v) is 8.23. The summed E-state index contributed by atoms with van der Waals surface area (Å²) >= 11 is 0.932. The van der Waals surface area contributed by atoms with E-state index in [2.05, 4.69) is 0 Å². The van der Waals surface area contributed by atoms with Crippen LogP contribution in [0.2, 0.25) is 0 Å². The van der Waals surface area contributed by atoms with Gasteiger partial charge in [-0.2, -0.15) is 30.7 Å². The Hall–Kier alpha value is 0.756. The summed E-state index contributed by atoms with van der Waals surface area (Å²) < 4.78 is 79.1. The summed E-state index contributed by atoms with van der Waals surface area (Å²) in [5.41, 5.74) is 0. The molecule has 0 aliphatic heterocycles. The summed E-state index contributed by atoms with van der Waals surface area (Å²) in [6.45, 7) is 0. The minimum atomic E-state index is -6.25. The molecule has 0 aliphatic rings. The fraction of sp³-hybridized carbons (Fsp3) is 1.00. The van der Waals surface area contributed by atoms with Crippen molar-refractivity contribution in [3.05, 3.63) is 0 Å². The van der Waals surface area contributed by atoms with Gasteiger partial charge in [0.15, 0.2) is 0 Å². The zero-order valence-electron chi connectivity index (χ0n) is 7.23. The van der Waals surface area contributed by atoms with Crippen molar-refractivity contribution in [2.75, 3.05) is 0 Å². The number of hydrogen-bond acceptors (Lipinski definition) is 0. The van der Waals surface area contributed by atoms with E-state index < -0.39 is 16.9 Å². The molecular formula is C3H2BrF7Mg. The third-order valence-electron chi connectivity index (χ3n) is 0.712. The Labute approximate surface area is 89.7 Å². The average Bonchev–Trinajstić information content (AvgIpc) is 1.58. The first kappa shape index (κ1) is 15.2. The Bertz CT molecular complexity index is 138. The van der Waals surface area contributed by atoms with Crippen LogP contribution in [0, 0.1) is 0 Å². The van der Waals surface area contributed by atoms with E-state index in [1.165, 1.54) is 0 Å². The van der Waals surface area contributed by atoms with E-state index in [1.54, 1.807) is 0 Å². The molecule has 0 N–H and O–H groups in total. The van der Waals surface area contributed by atoms with Crippen molar-refractivity contribution in [2.24, 2.45) is 0 Å². The molecule has 0 aliphatic carbocycles. The number of rotatable bonds is 1. The van der Waals surface area contributed by atoms with E-state index in [9.17, 15) is 30.7 Å². The van der Waals surface area contributed by atoms with Crippen molar-refractivity contribution in [3.8, 4) is 0 Å². The van der Waals surface area contributed by atoms with E-state index in [0.717, 1.165) is 15.9 Å². The van der Waals surface area contributed by atoms with Gasteiger partial charge in [-0.1, -0.05) is 0 Å². The molecule has 12 heavy (non-hydrogen) atoms. The summed E-state index contributed by atoms with van der Waals surface area (Å²) in [6, 6.07) is 0. The van der Waals surface area contributed by atoms with Gasteiger partial charge in [0.1, 0.15) is 0 Å². The molecule has 0 heterocycles. The summed E-state index contributed by atoms with van der Waals surface area (Å²) in [7, 11) is 0. The normalized spacial score (nSPS) is 14.0. The number of alkyl halides is 8. The summed E-state index contributed by atoms with van der Waals surface area (Å²) in [4.78, 5) is -5.27. The fourth-order valence-corrected chi connectivity index (χ4v) is 0.386. The van der Waals surface area contributed by atoms with Crippen LogP contribution in [0.1, 0.15) is 2.85 Å². The van der Waals surface area contributed by atoms with E-state index in [0.29, 0.717) is 0 Å². The van der Waals surface area contributed by atoms with Crippen molar-refractivity contribution >= 4 is 39.0 Å². The Morgan fingerprint density at radius 2 is 1.08 bits per heavy atom. The van der Waals surface area contributed by atoms with Gasteiger partial charge in [-0.25, -0.2) is 0 Å². The summed E-state index contributed by atoms with van der Waals surface area (Å²) in [5.74, 6) is -6.04. The molecule has 0 atom stereocenters. The van der Waals surface area contributed by atoms with Crippen LogP contribution in [-0.4, -0.2) is 40.0 Å². The molecule has 0 rings (SSSR count). The Morgan fingerprint density at radius 1 is 0.833 bits per heavy atom. The van der Waals surface area contributed by atoms with E-state index in [1.807, 2.05) is 0 Å². The molecule has 0 nitrogen and oxygen atoms in total. The Balaban J connectivity index is -0.000000167. The van der Waals surface area contributed by atoms with Gasteiger partial charge >= 0.3 is 40.0 Å². The van der Waals surface area contributed by atoms with Gasteiger partial charge in [-0.3, -0.25) is 0 Å². The van der Waals surface area contributed by atoms with Crippen LogP contribution in [-0.2, 0) is 0 Å². The molecule has 0 saturated heterocycles. The quantitative estimate of drug-likeness (QED) is 0.392. The van der Waals surface area contributed by atoms with Gasteiger partial charge in [0.25, 0.3) is 0 Å². The smallest absolute Gasteiger partial charge is 1.00 e. The van der Waals surface area contributed by atoms with Crippen LogP contribution in [0.25, 0.3) is 0 Å². The standard InChI is InChI=1S/C3BrF7.Mg.2H/c4-2(7,8)1(5,6)3(9,10)11;;;/q;+2;2*-1. The van der Waals surface area contributed by atoms with Gasteiger partial charge in [0.05, 0.1) is 0 Å². The first-order chi connectivity index (χ1) is 4.50. The molecule has 0 aromatic rings. The molecule has 0 aromatic heterocycles. The molecular weight excluding hydrogens is 273 g/mol. The van der Waals surface area contributed by atoms with Crippen molar-refractivity contribution < 1.29 is 33.6 Å². The first-order valence-corrected chi connectivity index (χ1v) is 2.80. The molecule has 0 radical (unpaired) electrons. The maximum atomic E-state index is 11.5. The third-order valence-corrected chi connectivity index (χ3v) is 1.21. The predicted molar refractivity (Wildman–Crippen MR) is 32.9 cm³/mol. The second kappa shape index (κ2) is 3.87. The van der Waals surface area contributed by atoms with Crippen LogP contribution < -0.4 is 0 Å². The summed E-state index contributed by atoms with van der Waals surface area (Å²) in [5, 5.41) is 0. The molecule has 0 aromatic carbocycles. The van der Waals surface area contributed by atoms with Crippen molar-refractivity contribution in [3.63, 3.8) is 0 Å². The van der Waals surface area contributed by atoms with E-state index >= 15 is 0 Å². The van der Waals surface area contributed by atoms with Crippen LogP contribution >= 0.6 is 15.9 Å². The van der Waals surface area contributed by atoms with Crippen molar-refractivity contribution in [1.29, 1.82) is 0 Å². The van der Waals surface area contributed by atoms with Crippen LogP contribution in [0.4, 0.5) is 30.7 Å². The topological polar surface area (TPSA) is 0 Å². The van der Waals surface area contributed by atoms with Gasteiger partial charge in [0.2, 0.25) is 0 Å². The molecule has 9 heteroatoms. The third kappa shape index (κ3) is 2.91. The number of halogens is 8. The van der Waals surface area contributed by atoms with Gasteiger partial charge in [-0.05, 0) is 15.9 Å². The van der Waals surface area contributed by atoms with E-state index in [4.69, 9.17) is 0 Å². The summed E-state index contributed by atoms with van der Waals surface area (Å²) in [6.07, 6.45) is -6.25. The Morgan fingerprint density at radius 3 is 1.08 bits per heavy atom. The van der Waals surface area contributed by atoms with Gasteiger partial charge < -0.3 is 2.85 Å². The average molecular weight is 275 g/mol. The SMILES string of the molecule is FC(F)(F)C(F)(F)C(F)(F)Br.[H-].[H-].[Mg+2]. The molecule has 0 unspecified atom stereocenters. The first-order valence-electron chi connectivity index (χ1n) is 2.01. The molecule has 72 valence electrons. The van der Waals surface area contributed by atoms with Crippen LogP contribution in [0.3, 0.4) is 0 Å². The minimum absolute atomic E-state index is 0. The molecule has 0 fully saturated rings. The molecule has 0 bridgehead atoms. The van der Waals surface area contributed by atoms with Crippen LogP contribution in [0.15, 0.2) is 0 Å².